The number of fused-ring (bicyclic) bond motifs is 2. The summed E-state index contributed by atoms with van der Waals surface area (Å²) in [5, 5.41) is 14.2. The van der Waals surface area contributed by atoms with E-state index >= 15 is 0 Å². The Kier molecular flexibility index (Phi) is 4.20. The smallest absolute Gasteiger partial charge is 0.385 e. The van der Waals surface area contributed by atoms with Gasteiger partial charge < -0.3 is 25.8 Å². The fraction of sp³-hybridized carbons (Fsp3) is 0.375. The van der Waals surface area contributed by atoms with Gasteiger partial charge in [-0.1, -0.05) is 30.3 Å². The zero-order valence-corrected chi connectivity index (χ0v) is 15.5. The lowest BCUT2D eigenvalue weighted by Crippen LogP contribution is -2.47. The molecule has 2 radical (unpaired) electrons. The molecule has 3 aliphatic rings. The maximum atomic E-state index is 10.9. The largest absolute Gasteiger partial charge is 0.488 e. The summed E-state index contributed by atoms with van der Waals surface area (Å²) >= 11 is 0. The van der Waals surface area contributed by atoms with Crippen LogP contribution in [0.1, 0.15) is 11.7 Å². The van der Waals surface area contributed by atoms with Gasteiger partial charge in [-0.25, -0.2) is 14.9 Å². The van der Waals surface area contributed by atoms with E-state index in [9.17, 15) is 10.00 Å². The van der Waals surface area contributed by atoms with Crippen LogP contribution in [0.25, 0.3) is 0 Å². The molecule has 5 rings (SSSR count). The van der Waals surface area contributed by atoms with Crippen LogP contribution in [0.15, 0.2) is 36.7 Å². The van der Waals surface area contributed by atoms with E-state index in [0.29, 0.717) is 17.3 Å². The zero-order valence-electron chi connectivity index (χ0n) is 14.6. The first-order valence-corrected chi connectivity index (χ1v) is 10.4. The van der Waals surface area contributed by atoms with E-state index in [2.05, 4.69) is 15.3 Å². The van der Waals surface area contributed by atoms with E-state index in [-0.39, 0.29) is 6.61 Å². The molecule has 10 nitrogen and oxygen atoms in total. The van der Waals surface area contributed by atoms with Crippen LogP contribution in [0.5, 0.6) is 0 Å². The number of nitrogens with one attached hydrogen (secondary N) is 1. The minimum atomic E-state index is -3.47. The second-order valence-corrected chi connectivity index (χ2v) is 8.41. The minimum absolute atomic E-state index is 0.0229. The molecule has 1 aromatic carbocycles. The van der Waals surface area contributed by atoms with E-state index < -0.39 is 38.5 Å². The van der Waals surface area contributed by atoms with Gasteiger partial charge in [0.1, 0.15) is 37.0 Å². The van der Waals surface area contributed by atoms with E-state index in [1.807, 2.05) is 30.3 Å². The van der Waals surface area contributed by atoms with Crippen molar-refractivity contribution in [2.24, 2.45) is 0 Å². The number of nitrogen functional groups attached to an aromatic ring is 1. The Hall–Kier alpha value is -2.01. The summed E-state index contributed by atoms with van der Waals surface area (Å²) in [6, 6.07) is 9.62. The fourth-order valence-corrected chi connectivity index (χ4v) is 4.83. The number of anilines is 3. The molecule has 2 aromatic rings. The van der Waals surface area contributed by atoms with Gasteiger partial charge in [0.25, 0.3) is 0 Å². The highest BCUT2D eigenvalue weighted by Gasteiger charge is 2.59. The summed E-state index contributed by atoms with van der Waals surface area (Å²) in [6.07, 6.45) is -2.37. The molecule has 3 aliphatic heterocycles. The average molecular weight is 402 g/mol. The monoisotopic (exact) mass is 402 g/mol. The van der Waals surface area contributed by atoms with Gasteiger partial charge >= 0.3 is 15.4 Å². The molecule has 28 heavy (non-hydrogen) atoms. The number of hydrogen-bond donors (Lipinski definition) is 4. The Morgan fingerprint density at radius 1 is 1.29 bits per heavy atom. The predicted molar refractivity (Wildman–Crippen MR) is 102 cm³/mol. The van der Waals surface area contributed by atoms with Gasteiger partial charge in [-0.15, -0.1) is 0 Å². The van der Waals surface area contributed by atoms with E-state index in [4.69, 9.17) is 27.1 Å². The molecule has 0 aliphatic carbocycles. The van der Waals surface area contributed by atoms with Crippen LogP contribution in [0, 0.1) is 0 Å². The van der Waals surface area contributed by atoms with Crippen molar-refractivity contribution >= 4 is 32.7 Å². The molecule has 5 unspecified atom stereocenters. The lowest BCUT2D eigenvalue weighted by molar-refractivity contribution is -0.0449. The van der Waals surface area contributed by atoms with Crippen molar-refractivity contribution in [1.82, 2.24) is 9.97 Å². The van der Waals surface area contributed by atoms with Crippen molar-refractivity contribution in [1.29, 1.82) is 0 Å². The second kappa shape index (κ2) is 6.52. The average Bonchev–Trinajstić information content (AvgIpc) is 3.21. The molecule has 0 bridgehead atoms. The molecule has 2 saturated heterocycles. The van der Waals surface area contributed by atoms with Crippen LogP contribution in [0.3, 0.4) is 0 Å². The van der Waals surface area contributed by atoms with Gasteiger partial charge in [0.05, 0.1) is 0 Å². The van der Waals surface area contributed by atoms with Crippen molar-refractivity contribution in [3.8, 4) is 0 Å². The van der Waals surface area contributed by atoms with Crippen LogP contribution < -0.4 is 16.0 Å². The molecule has 0 spiro atoms. The summed E-state index contributed by atoms with van der Waals surface area (Å²) in [6.45, 7) is 0.0229. The standard InChI is InChI=1S/C16H18BN5O5P/c17-28(24)25-6-9-12(27-28)11(23)16(26-9)22-14(8-4-2-1-3-5-8)21-10-13(18)19-7-20-15(10)22/h1-5,7,9,11-12,14,16,21,23-24H,6H2,(H2,18,19,20)/q+1/t9?,11?,12-,14?,16?,28?/m1/s1. The fourth-order valence-electron chi connectivity index (χ4n) is 3.80. The molecule has 6 atom stereocenters. The third-order valence-corrected chi connectivity index (χ3v) is 6.12. The second-order valence-electron chi connectivity index (χ2n) is 6.81. The Bertz CT molecular complexity index is 893. The van der Waals surface area contributed by atoms with E-state index in [1.165, 1.54) is 6.33 Å². The number of aromatic nitrogens is 2. The number of aliphatic hydroxyl groups is 1. The first kappa shape index (κ1) is 18.1. The number of aliphatic hydroxyl groups excluding tert-OH is 1. The lowest BCUT2D eigenvalue weighted by Gasteiger charge is -2.33. The van der Waals surface area contributed by atoms with Gasteiger partial charge in [0.2, 0.25) is 0 Å². The molecule has 144 valence electrons. The highest BCUT2D eigenvalue weighted by atomic mass is 31.2. The van der Waals surface area contributed by atoms with Crippen molar-refractivity contribution in [3.05, 3.63) is 42.2 Å². The number of rotatable bonds is 2. The zero-order chi connectivity index (χ0) is 19.5. The first-order valence-electron chi connectivity index (χ1n) is 8.72. The highest BCUT2D eigenvalue weighted by molar-refractivity contribution is 7.85. The SMILES string of the molecule is [B][P+]1(O)OCC2OC(N3c4ncnc(N)c4NC3c3ccccc3)C(O)[C@@H]2O1. The van der Waals surface area contributed by atoms with E-state index in [0.717, 1.165) is 5.56 Å². The molecule has 12 heteroatoms. The molecule has 0 amide bonds. The van der Waals surface area contributed by atoms with Crippen LogP contribution in [0.4, 0.5) is 17.3 Å². The van der Waals surface area contributed by atoms with Gasteiger partial charge in [-0.2, -0.15) is 9.05 Å². The third-order valence-electron chi connectivity index (χ3n) is 5.06. The number of ether oxygens (including phenoxy) is 1. The Labute approximate surface area is 162 Å². The minimum Gasteiger partial charge on any atom is -0.385 e. The third kappa shape index (κ3) is 2.83. The Morgan fingerprint density at radius 3 is 2.86 bits per heavy atom. The quantitative estimate of drug-likeness (QED) is 0.411. The molecule has 2 fully saturated rings. The topological polar surface area (TPSA) is 135 Å². The summed E-state index contributed by atoms with van der Waals surface area (Å²) in [4.78, 5) is 20.1. The van der Waals surface area contributed by atoms with Gasteiger partial charge in [-0.05, 0) is 5.56 Å². The first-order chi connectivity index (χ1) is 13.4. The van der Waals surface area contributed by atoms with Crippen LogP contribution in [0.2, 0.25) is 0 Å². The normalized spacial score (nSPS) is 36.6. The number of benzene rings is 1. The highest BCUT2D eigenvalue weighted by Crippen LogP contribution is 2.58. The summed E-state index contributed by atoms with van der Waals surface area (Å²) < 4.78 is 16.6. The molecule has 0 saturated carbocycles. The van der Waals surface area contributed by atoms with Crippen LogP contribution in [-0.4, -0.2) is 58.7 Å². The molecule has 1 aromatic heterocycles. The van der Waals surface area contributed by atoms with Crippen molar-refractivity contribution in [3.63, 3.8) is 0 Å². The van der Waals surface area contributed by atoms with Crippen molar-refractivity contribution in [2.45, 2.75) is 30.7 Å². The van der Waals surface area contributed by atoms with Gasteiger partial charge in [0.15, 0.2) is 24.0 Å². The Morgan fingerprint density at radius 2 is 2.07 bits per heavy atom. The summed E-state index contributed by atoms with van der Waals surface area (Å²) in [7, 11) is 2.13. The van der Waals surface area contributed by atoms with Crippen LogP contribution in [-0.2, 0) is 13.8 Å². The lowest BCUT2D eigenvalue weighted by atomic mass is 10.1. The number of nitrogens with two attached hydrogens (primary N) is 1. The molecule has 4 heterocycles. The van der Waals surface area contributed by atoms with Gasteiger partial charge in [0, 0.05) is 0 Å². The molecular weight excluding hydrogens is 384 g/mol. The number of nitrogens with zero attached hydrogens (tertiary/aromatic N) is 3. The van der Waals surface area contributed by atoms with Crippen LogP contribution >= 0.6 is 7.82 Å². The van der Waals surface area contributed by atoms with Gasteiger partial charge in [-0.3, -0.25) is 0 Å². The summed E-state index contributed by atoms with van der Waals surface area (Å²) in [5.41, 5.74) is 7.51. The summed E-state index contributed by atoms with van der Waals surface area (Å²) in [5.74, 6) is 0.794. The molecular formula is C16H18BN5O5P+. The molecule has 5 N–H and O–H groups in total. The maximum Gasteiger partial charge on any atom is 0.488 e. The Balaban J connectivity index is 1.54. The number of hydrogen-bond acceptors (Lipinski definition) is 10. The predicted octanol–water partition coefficient (Wildman–Crippen LogP) is 0.329. The van der Waals surface area contributed by atoms with Crippen molar-refractivity contribution in [2.75, 3.05) is 22.6 Å². The van der Waals surface area contributed by atoms with Crippen molar-refractivity contribution < 1.29 is 23.8 Å². The maximum absolute atomic E-state index is 10.9. The van der Waals surface area contributed by atoms with E-state index in [1.54, 1.807) is 4.90 Å².